The van der Waals surface area contributed by atoms with Gasteiger partial charge >= 0.3 is 0 Å². The largest absolute Gasteiger partial charge is 0.497 e. The van der Waals surface area contributed by atoms with E-state index >= 15 is 0 Å². The van der Waals surface area contributed by atoms with Gasteiger partial charge in [0.2, 0.25) is 0 Å². The molecule has 3 aromatic rings. The fourth-order valence-corrected chi connectivity index (χ4v) is 4.00. The van der Waals surface area contributed by atoms with E-state index in [1.54, 1.807) is 18.0 Å². The van der Waals surface area contributed by atoms with Crippen LogP contribution in [0.15, 0.2) is 59.5 Å². The number of hydrogen-bond acceptors (Lipinski definition) is 4. The number of methoxy groups -OCH3 is 1. The highest BCUT2D eigenvalue weighted by molar-refractivity contribution is 5.80. The lowest BCUT2D eigenvalue weighted by atomic mass is 9.91. The fraction of sp³-hybridized carbons (Fsp3) is 0.391. The van der Waals surface area contributed by atoms with Crippen molar-refractivity contribution in [2.45, 2.75) is 32.4 Å². The number of nitrogens with zero attached hydrogens (tertiary/aromatic N) is 3. The number of hydrogen-bond donors (Lipinski definition) is 0. The molecule has 0 atom stereocenters. The van der Waals surface area contributed by atoms with Gasteiger partial charge in [-0.05, 0) is 55.4 Å². The SMILES string of the molecule is COc1ccc(CCC2CCN(Cn3ncc4ccccc4c3=O)CC2)cc1. The third-order valence-corrected chi connectivity index (χ3v) is 5.80. The lowest BCUT2D eigenvalue weighted by Crippen LogP contribution is -2.39. The molecule has 0 N–H and O–H groups in total. The van der Waals surface area contributed by atoms with Crippen LogP contribution in [0.1, 0.15) is 24.8 Å². The Balaban J connectivity index is 1.29. The molecule has 0 radical (unpaired) electrons. The number of rotatable bonds is 6. The van der Waals surface area contributed by atoms with Crippen molar-refractivity contribution in [3.05, 3.63) is 70.6 Å². The molecule has 2 heterocycles. The summed E-state index contributed by atoms with van der Waals surface area (Å²) in [5, 5.41) is 6.01. The van der Waals surface area contributed by atoms with Crippen molar-refractivity contribution < 1.29 is 4.74 Å². The second kappa shape index (κ2) is 8.57. The van der Waals surface area contributed by atoms with Crippen molar-refractivity contribution >= 4 is 10.8 Å². The summed E-state index contributed by atoms with van der Waals surface area (Å²) in [5.41, 5.74) is 1.37. The summed E-state index contributed by atoms with van der Waals surface area (Å²) < 4.78 is 6.82. The summed E-state index contributed by atoms with van der Waals surface area (Å²) in [6, 6.07) is 16.0. The van der Waals surface area contributed by atoms with Crippen LogP contribution >= 0.6 is 0 Å². The van der Waals surface area contributed by atoms with Crippen LogP contribution in [-0.2, 0) is 13.1 Å². The average Bonchev–Trinajstić information content (AvgIpc) is 2.76. The van der Waals surface area contributed by atoms with E-state index in [-0.39, 0.29) is 5.56 Å². The second-order valence-corrected chi connectivity index (χ2v) is 7.63. The summed E-state index contributed by atoms with van der Waals surface area (Å²) in [6.07, 6.45) is 6.48. The Hall–Kier alpha value is -2.66. The number of benzene rings is 2. The topological polar surface area (TPSA) is 47.4 Å². The van der Waals surface area contributed by atoms with Crippen molar-refractivity contribution in [2.75, 3.05) is 20.2 Å². The predicted molar refractivity (Wildman–Crippen MR) is 112 cm³/mol. The van der Waals surface area contributed by atoms with Crippen molar-refractivity contribution in [2.24, 2.45) is 5.92 Å². The molecule has 2 aromatic carbocycles. The monoisotopic (exact) mass is 377 g/mol. The van der Waals surface area contributed by atoms with Gasteiger partial charge in [-0.25, -0.2) is 4.68 Å². The van der Waals surface area contributed by atoms with E-state index in [0.29, 0.717) is 6.67 Å². The first kappa shape index (κ1) is 18.7. The molecule has 5 nitrogen and oxygen atoms in total. The summed E-state index contributed by atoms with van der Waals surface area (Å²) in [5.74, 6) is 1.66. The van der Waals surface area contributed by atoms with Crippen LogP contribution in [-0.4, -0.2) is 34.9 Å². The number of piperidine rings is 1. The van der Waals surface area contributed by atoms with Gasteiger partial charge < -0.3 is 4.74 Å². The molecule has 1 aliphatic heterocycles. The van der Waals surface area contributed by atoms with E-state index in [2.05, 4.69) is 22.1 Å². The van der Waals surface area contributed by atoms with Crippen molar-refractivity contribution in [1.29, 1.82) is 0 Å². The maximum atomic E-state index is 12.6. The molecule has 5 heteroatoms. The molecule has 1 fully saturated rings. The van der Waals surface area contributed by atoms with Gasteiger partial charge in [0, 0.05) is 18.5 Å². The van der Waals surface area contributed by atoms with Crippen LogP contribution in [0, 0.1) is 5.92 Å². The molecule has 0 aliphatic carbocycles. The van der Waals surface area contributed by atoms with Gasteiger partial charge in [0.25, 0.3) is 5.56 Å². The highest BCUT2D eigenvalue weighted by Crippen LogP contribution is 2.23. The van der Waals surface area contributed by atoms with Gasteiger partial charge in [-0.1, -0.05) is 30.3 Å². The van der Waals surface area contributed by atoms with Crippen molar-refractivity contribution in [3.63, 3.8) is 0 Å². The Morgan fingerprint density at radius 1 is 1.07 bits per heavy atom. The zero-order valence-corrected chi connectivity index (χ0v) is 16.4. The van der Waals surface area contributed by atoms with Gasteiger partial charge in [0.1, 0.15) is 5.75 Å². The lowest BCUT2D eigenvalue weighted by molar-refractivity contribution is 0.135. The highest BCUT2D eigenvalue weighted by atomic mass is 16.5. The Kier molecular flexibility index (Phi) is 5.72. The van der Waals surface area contributed by atoms with Crippen molar-refractivity contribution in [3.8, 4) is 5.75 Å². The zero-order chi connectivity index (χ0) is 19.3. The summed E-state index contributed by atoms with van der Waals surface area (Å²) in [7, 11) is 1.70. The van der Waals surface area contributed by atoms with Crippen molar-refractivity contribution in [1.82, 2.24) is 14.7 Å². The van der Waals surface area contributed by atoms with Crippen LogP contribution < -0.4 is 10.3 Å². The Labute approximate surface area is 165 Å². The van der Waals surface area contributed by atoms with E-state index in [1.165, 1.54) is 24.8 Å². The molecule has 146 valence electrons. The molecule has 1 aromatic heterocycles. The van der Waals surface area contributed by atoms with E-state index in [9.17, 15) is 4.79 Å². The second-order valence-electron chi connectivity index (χ2n) is 7.63. The maximum Gasteiger partial charge on any atom is 0.275 e. The molecule has 0 unspecified atom stereocenters. The number of aromatic nitrogens is 2. The minimum atomic E-state index is -0.000251. The van der Waals surface area contributed by atoms with Gasteiger partial charge in [-0.15, -0.1) is 0 Å². The highest BCUT2D eigenvalue weighted by Gasteiger charge is 2.20. The molecule has 28 heavy (non-hydrogen) atoms. The Bertz CT molecular complexity index is 973. The number of ether oxygens (including phenoxy) is 1. The molecular weight excluding hydrogens is 350 g/mol. The Morgan fingerprint density at radius 3 is 2.57 bits per heavy atom. The van der Waals surface area contributed by atoms with E-state index < -0.39 is 0 Å². The summed E-state index contributed by atoms with van der Waals surface area (Å²) >= 11 is 0. The minimum Gasteiger partial charge on any atom is -0.497 e. The molecule has 0 amide bonds. The standard InChI is InChI=1S/C23H27N3O2/c1-28-21-10-8-18(9-11-21)6-7-19-12-14-25(15-13-19)17-26-23(27)22-5-3-2-4-20(22)16-24-26/h2-5,8-11,16,19H,6-7,12-15,17H2,1H3. The molecule has 0 bridgehead atoms. The maximum absolute atomic E-state index is 12.6. The molecule has 4 rings (SSSR count). The third-order valence-electron chi connectivity index (χ3n) is 5.80. The number of likely N-dealkylation sites (tertiary alicyclic amines) is 1. The normalized spacial score (nSPS) is 15.8. The van der Waals surface area contributed by atoms with Crippen LogP contribution in [0.25, 0.3) is 10.8 Å². The first-order valence-corrected chi connectivity index (χ1v) is 10.0. The van der Waals surface area contributed by atoms with Crippen LogP contribution in [0.3, 0.4) is 0 Å². The third kappa shape index (κ3) is 4.25. The van der Waals surface area contributed by atoms with E-state index in [4.69, 9.17) is 4.74 Å². The molecule has 0 spiro atoms. The summed E-state index contributed by atoms with van der Waals surface area (Å²) in [6.45, 7) is 2.62. The van der Waals surface area contributed by atoms with Gasteiger partial charge in [0.15, 0.2) is 0 Å². The molecule has 1 saturated heterocycles. The van der Waals surface area contributed by atoms with Crippen LogP contribution in [0.2, 0.25) is 0 Å². The number of aryl methyl sites for hydroxylation is 1. The van der Waals surface area contributed by atoms with Crippen LogP contribution in [0.4, 0.5) is 0 Å². The van der Waals surface area contributed by atoms with Gasteiger partial charge in [-0.2, -0.15) is 5.10 Å². The minimum absolute atomic E-state index is 0.000251. The zero-order valence-electron chi connectivity index (χ0n) is 16.4. The fourth-order valence-electron chi connectivity index (χ4n) is 4.00. The van der Waals surface area contributed by atoms with Gasteiger partial charge in [-0.3, -0.25) is 9.69 Å². The first-order valence-electron chi connectivity index (χ1n) is 10.0. The smallest absolute Gasteiger partial charge is 0.275 e. The van der Waals surface area contributed by atoms with E-state index in [1.807, 2.05) is 36.4 Å². The lowest BCUT2D eigenvalue weighted by Gasteiger charge is -2.31. The predicted octanol–water partition coefficient (Wildman–Crippen LogP) is 3.71. The number of fused-ring (bicyclic) bond motifs is 1. The van der Waals surface area contributed by atoms with Crippen LogP contribution in [0.5, 0.6) is 5.75 Å². The van der Waals surface area contributed by atoms with Gasteiger partial charge in [0.05, 0.1) is 25.4 Å². The molecular formula is C23H27N3O2. The average molecular weight is 377 g/mol. The summed E-state index contributed by atoms with van der Waals surface area (Å²) in [4.78, 5) is 15.0. The quantitative estimate of drug-likeness (QED) is 0.657. The first-order chi connectivity index (χ1) is 13.7. The Morgan fingerprint density at radius 2 is 1.82 bits per heavy atom. The van der Waals surface area contributed by atoms with E-state index in [0.717, 1.165) is 42.0 Å². The molecule has 0 saturated carbocycles. The molecule has 1 aliphatic rings.